The quantitative estimate of drug-likeness (QED) is 0.0943. The van der Waals surface area contributed by atoms with Gasteiger partial charge in [0.1, 0.15) is 0 Å². The zero-order chi connectivity index (χ0) is 42.7. The number of pyridine rings is 2. The first kappa shape index (κ1) is 43.7. The minimum atomic E-state index is 0. The fraction of sp³-hybridized carbons (Fsp3) is 0. The summed E-state index contributed by atoms with van der Waals surface area (Å²) in [5, 5.41) is 1.84. The van der Waals surface area contributed by atoms with Crippen molar-refractivity contribution in [2.75, 3.05) is 4.90 Å². The summed E-state index contributed by atoms with van der Waals surface area (Å²) in [6.07, 6.45) is 7.22. The molecule has 66 heavy (non-hydrogen) atoms. The average Bonchev–Trinajstić information content (AvgIpc) is 3.68. The Kier molecular flexibility index (Phi) is 13.0. The zero-order valence-electron chi connectivity index (χ0n) is 34.8. The van der Waals surface area contributed by atoms with Gasteiger partial charge in [-0.15, -0.1) is 71.8 Å². The molecule has 0 amide bonds. The first-order chi connectivity index (χ1) is 31.7. The zero-order valence-corrected chi connectivity index (χ0v) is 38.6. The van der Waals surface area contributed by atoms with Gasteiger partial charge in [-0.25, -0.2) is 9.97 Å². The van der Waals surface area contributed by atoms with Crippen LogP contribution in [0, 0.1) is 24.3 Å². The summed E-state index contributed by atoms with van der Waals surface area (Å²) in [4.78, 5) is 21.1. The van der Waals surface area contributed by atoms with Gasteiger partial charge >= 0.3 is 41.5 Å². The Balaban J connectivity index is 0.00000274. The minimum Gasteiger partial charge on any atom is -0.503 e. The topological polar surface area (TPSA) is 78.2 Å². The molecule has 0 aliphatic rings. The van der Waals surface area contributed by atoms with Gasteiger partial charge in [0.25, 0.3) is 0 Å². The SMILES string of the molecule is [Pd+2].[Pt+2].[c-]1c(Oc2[c-]c3c(cc2)c2ccc(Oc4[c-]c(-c5ccccn5)ccc4)[c-]c2n3-c2ncc(-c3ccc(N(c4ccccc4)c4ccccc4)cc3)cn2)cccc1-c1ccccn1. The second-order valence-electron chi connectivity index (χ2n) is 14.8. The van der Waals surface area contributed by atoms with E-state index in [0.717, 1.165) is 61.5 Å². The summed E-state index contributed by atoms with van der Waals surface area (Å²) in [6.45, 7) is 0. The molecule has 0 saturated carbocycles. The Labute approximate surface area is 410 Å². The van der Waals surface area contributed by atoms with Gasteiger partial charge in [-0.2, -0.15) is 22.9 Å². The normalized spacial score (nSPS) is 10.8. The summed E-state index contributed by atoms with van der Waals surface area (Å²) in [5.41, 5.74) is 9.72. The average molecular weight is 1120 g/mol. The molecule has 0 aliphatic carbocycles. The van der Waals surface area contributed by atoms with Crippen LogP contribution in [0.1, 0.15) is 0 Å². The summed E-state index contributed by atoms with van der Waals surface area (Å²) in [7, 11) is 0. The number of para-hydroxylation sites is 2. The maximum absolute atomic E-state index is 6.41. The molecule has 4 aromatic heterocycles. The molecule has 10 heteroatoms. The number of hydrogen-bond donors (Lipinski definition) is 0. The van der Waals surface area contributed by atoms with Crippen LogP contribution in [-0.2, 0) is 41.5 Å². The molecule has 4 heterocycles. The van der Waals surface area contributed by atoms with E-state index in [1.165, 1.54) is 0 Å². The molecular formula is C56H34N6O2PdPt. The van der Waals surface area contributed by atoms with Crippen LogP contribution in [0.15, 0.2) is 207 Å². The third kappa shape index (κ3) is 9.06. The smallest absolute Gasteiger partial charge is 0.503 e. The second kappa shape index (κ2) is 19.7. The molecule has 11 aromatic rings. The van der Waals surface area contributed by atoms with Crippen LogP contribution in [0.25, 0.3) is 61.4 Å². The van der Waals surface area contributed by atoms with Crippen molar-refractivity contribution >= 4 is 38.9 Å². The van der Waals surface area contributed by atoms with Gasteiger partial charge in [0.2, 0.25) is 5.95 Å². The van der Waals surface area contributed by atoms with Crippen molar-refractivity contribution in [3.63, 3.8) is 0 Å². The fourth-order valence-corrected chi connectivity index (χ4v) is 7.73. The molecule has 0 spiro atoms. The van der Waals surface area contributed by atoms with Crippen LogP contribution < -0.4 is 14.4 Å². The van der Waals surface area contributed by atoms with Gasteiger partial charge in [-0.3, -0.25) is 0 Å². The van der Waals surface area contributed by atoms with E-state index in [4.69, 9.17) is 19.4 Å². The van der Waals surface area contributed by atoms with E-state index in [-0.39, 0.29) is 41.5 Å². The van der Waals surface area contributed by atoms with Gasteiger partial charge in [-0.05, 0) is 65.5 Å². The number of hydrogen-bond acceptors (Lipinski definition) is 7. The van der Waals surface area contributed by atoms with Crippen molar-refractivity contribution in [3.05, 3.63) is 231 Å². The van der Waals surface area contributed by atoms with Crippen LogP contribution in [0.3, 0.4) is 0 Å². The predicted molar refractivity (Wildman–Crippen MR) is 251 cm³/mol. The van der Waals surface area contributed by atoms with Crippen LogP contribution in [0.2, 0.25) is 0 Å². The molecule has 8 nitrogen and oxygen atoms in total. The van der Waals surface area contributed by atoms with Gasteiger partial charge in [-0.1, -0.05) is 96.0 Å². The van der Waals surface area contributed by atoms with E-state index in [0.29, 0.717) is 40.0 Å². The van der Waals surface area contributed by atoms with Gasteiger partial charge < -0.3 is 28.9 Å². The number of rotatable bonds is 11. The molecule has 0 fully saturated rings. The van der Waals surface area contributed by atoms with E-state index >= 15 is 0 Å². The minimum absolute atomic E-state index is 0. The van der Waals surface area contributed by atoms with Gasteiger partial charge in [0.15, 0.2) is 0 Å². The number of anilines is 3. The Bertz CT molecular complexity index is 3200. The van der Waals surface area contributed by atoms with Gasteiger partial charge in [0.05, 0.1) is 0 Å². The molecule has 0 unspecified atom stereocenters. The van der Waals surface area contributed by atoms with Crippen LogP contribution in [-0.4, -0.2) is 24.5 Å². The second-order valence-corrected chi connectivity index (χ2v) is 14.8. The maximum atomic E-state index is 6.41. The van der Waals surface area contributed by atoms with Crippen LogP contribution >= 0.6 is 0 Å². The molecule has 0 N–H and O–H groups in total. The molecule has 0 aliphatic heterocycles. The van der Waals surface area contributed by atoms with Crippen molar-refractivity contribution in [2.24, 2.45) is 0 Å². The van der Waals surface area contributed by atoms with Gasteiger partial charge in [0, 0.05) is 70.4 Å². The van der Waals surface area contributed by atoms with Crippen LogP contribution in [0.5, 0.6) is 23.0 Å². The summed E-state index contributed by atoms with van der Waals surface area (Å²) < 4.78 is 14.8. The molecule has 7 aromatic carbocycles. The van der Waals surface area contributed by atoms with Crippen molar-refractivity contribution in [2.45, 2.75) is 0 Å². The van der Waals surface area contributed by atoms with E-state index in [9.17, 15) is 0 Å². The molecule has 0 atom stereocenters. The van der Waals surface area contributed by atoms with E-state index in [1.54, 1.807) is 12.4 Å². The molecule has 320 valence electrons. The first-order valence-electron chi connectivity index (χ1n) is 20.7. The molecule has 0 radical (unpaired) electrons. The van der Waals surface area contributed by atoms with Crippen LogP contribution in [0.4, 0.5) is 17.1 Å². The Morgan fingerprint density at radius 3 is 1.32 bits per heavy atom. The van der Waals surface area contributed by atoms with E-state index in [1.807, 2.05) is 126 Å². The molecular weight excluding hydrogens is 1090 g/mol. The third-order valence-corrected chi connectivity index (χ3v) is 10.7. The summed E-state index contributed by atoms with van der Waals surface area (Å²) in [6, 6.07) is 73.8. The molecule has 0 saturated heterocycles. The van der Waals surface area contributed by atoms with Crippen molar-refractivity contribution in [1.82, 2.24) is 24.5 Å². The van der Waals surface area contributed by atoms with Crippen molar-refractivity contribution in [1.29, 1.82) is 0 Å². The Morgan fingerprint density at radius 2 is 0.848 bits per heavy atom. The molecule has 0 bridgehead atoms. The maximum Gasteiger partial charge on any atom is 2.00 e. The predicted octanol–water partition coefficient (Wildman–Crippen LogP) is 13.6. The largest absolute Gasteiger partial charge is 2.00 e. The van der Waals surface area contributed by atoms with Crippen molar-refractivity contribution < 1.29 is 51.0 Å². The van der Waals surface area contributed by atoms with E-state index < -0.39 is 0 Å². The third-order valence-electron chi connectivity index (χ3n) is 10.7. The summed E-state index contributed by atoms with van der Waals surface area (Å²) in [5.74, 6) is 2.51. The number of fused-ring (bicyclic) bond motifs is 3. The fourth-order valence-electron chi connectivity index (χ4n) is 7.73. The number of aromatic nitrogens is 5. The number of ether oxygens (including phenoxy) is 2. The monoisotopic (exact) mass is 1120 g/mol. The Morgan fingerprint density at radius 1 is 0.394 bits per heavy atom. The standard InChI is InChI=1S/C56H34N6O2.Pd.Pt/c1-3-15-43(16-4-1)61(44-17-5-2-6-18-44)45-25-23-39(24-26-45)42-37-59-56(60-38-42)62-54-35-48(63-46-19-11-13-40(33-46)52-21-7-9-31-57-52)27-29-50(54)51-30-28-49(36-55(51)62)64-47-20-12-14-41(34-47)53-22-8-10-32-58-53;;/h1-32,37-38H;;/q-4;2*+2. The van der Waals surface area contributed by atoms with Crippen molar-refractivity contribution in [3.8, 4) is 62.6 Å². The molecule has 11 rings (SSSR count). The Hall–Kier alpha value is -7.53. The number of benzene rings is 7. The first-order valence-corrected chi connectivity index (χ1v) is 20.7. The summed E-state index contributed by atoms with van der Waals surface area (Å²) >= 11 is 0. The van der Waals surface area contributed by atoms with E-state index in [2.05, 4.69) is 112 Å². The number of nitrogens with zero attached hydrogens (tertiary/aromatic N) is 6.